The Labute approximate surface area is 102 Å². The highest BCUT2D eigenvalue weighted by atomic mass is 19.4. The van der Waals surface area contributed by atoms with Gasteiger partial charge in [0.25, 0.3) is 0 Å². The van der Waals surface area contributed by atoms with E-state index in [0.717, 1.165) is 31.2 Å². The highest BCUT2D eigenvalue weighted by Gasteiger charge is 2.30. The summed E-state index contributed by atoms with van der Waals surface area (Å²) in [7, 11) is 0. The molecule has 2 rings (SSSR count). The Morgan fingerprint density at radius 1 is 1.44 bits per heavy atom. The molecule has 0 saturated heterocycles. The van der Waals surface area contributed by atoms with Crippen LogP contribution in [0.4, 0.5) is 19.0 Å². The van der Waals surface area contributed by atoms with Crippen molar-refractivity contribution >= 4 is 11.7 Å². The van der Waals surface area contributed by atoms with E-state index in [1.807, 2.05) is 0 Å². The third-order valence-corrected chi connectivity index (χ3v) is 2.46. The molecule has 1 aliphatic carbocycles. The molecule has 1 saturated carbocycles. The summed E-state index contributed by atoms with van der Waals surface area (Å²) in [5, 5.41) is 5.28. The Morgan fingerprint density at radius 3 is 2.78 bits per heavy atom. The second kappa shape index (κ2) is 4.83. The lowest BCUT2D eigenvalue weighted by molar-refractivity contribution is -0.137. The van der Waals surface area contributed by atoms with Gasteiger partial charge in [-0.05, 0) is 25.0 Å². The van der Waals surface area contributed by atoms with Crippen LogP contribution >= 0.6 is 0 Å². The van der Waals surface area contributed by atoms with E-state index in [4.69, 9.17) is 0 Å². The lowest BCUT2D eigenvalue weighted by Crippen LogP contribution is -2.31. The van der Waals surface area contributed by atoms with Crippen LogP contribution < -0.4 is 10.6 Å². The molecule has 0 radical (unpaired) electrons. The highest BCUT2D eigenvalue weighted by molar-refractivity contribution is 5.80. The molecule has 18 heavy (non-hydrogen) atoms. The van der Waals surface area contributed by atoms with Crippen molar-refractivity contribution in [2.75, 3.05) is 11.9 Å². The van der Waals surface area contributed by atoms with Gasteiger partial charge in [-0.25, -0.2) is 4.98 Å². The van der Waals surface area contributed by atoms with Gasteiger partial charge in [0.15, 0.2) is 0 Å². The fourth-order valence-electron chi connectivity index (χ4n) is 1.38. The molecular weight excluding hydrogens is 247 g/mol. The Kier molecular flexibility index (Phi) is 3.40. The van der Waals surface area contributed by atoms with Gasteiger partial charge < -0.3 is 10.6 Å². The van der Waals surface area contributed by atoms with E-state index in [1.54, 1.807) is 0 Å². The van der Waals surface area contributed by atoms with Gasteiger partial charge in [-0.15, -0.1) is 0 Å². The number of rotatable bonds is 4. The number of alkyl halides is 3. The van der Waals surface area contributed by atoms with Gasteiger partial charge in [0.1, 0.15) is 5.82 Å². The summed E-state index contributed by atoms with van der Waals surface area (Å²) >= 11 is 0. The van der Waals surface area contributed by atoms with Crippen LogP contribution in [0.1, 0.15) is 18.4 Å². The lowest BCUT2D eigenvalue weighted by Gasteiger charge is -2.09. The maximum absolute atomic E-state index is 12.4. The van der Waals surface area contributed by atoms with Gasteiger partial charge in [-0.2, -0.15) is 13.2 Å². The van der Waals surface area contributed by atoms with Crippen molar-refractivity contribution in [3.8, 4) is 0 Å². The van der Waals surface area contributed by atoms with Gasteiger partial charge in [0.05, 0.1) is 12.1 Å². The van der Waals surface area contributed by atoms with Crippen molar-refractivity contribution in [1.82, 2.24) is 10.3 Å². The third kappa shape index (κ3) is 3.61. The van der Waals surface area contributed by atoms with Crippen LogP contribution in [0, 0.1) is 0 Å². The normalized spacial score (nSPS) is 15.3. The molecule has 0 atom stereocenters. The van der Waals surface area contributed by atoms with Crippen molar-refractivity contribution < 1.29 is 18.0 Å². The summed E-state index contributed by atoms with van der Waals surface area (Å²) < 4.78 is 37.2. The Balaban J connectivity index is 1.90. The number of anilines is 1. The minimum absolute atomic E-state index is 0.0378. The fraction of sp³-hybridized carbons (Fsp3) is 0.455. The monoisotopic (exact) mass is 259 g/mol. The van der Waals surface area contributed by atoms with Gasteiger partial charge in [0, 0.05) is 12.2 Å². The van der Waals surface area contributed by atoms with Crippen LogP contribution in [0.15, 0.2) is 18.3 Å². The van der Waals surface area contributed by atoms with Crippen molar-refractivity contribution in [2.45, 2.75) is 25.1 Å². The summed E-state index contributed by atoms with van der Waals surface area (Å²) in [4.78, 5) is 15.1. The van der Waals surface area contributed by atoms with Crippen molar-refractivity contribution in [2.24, 2.45) is 0 Å². The first-order chi connectivity index (χ1) is 8.45. The predicted molar refractivity (Wildman–Crippen MR) is 58.9 cm³/mol. The largest absolute Gasteiger partial charge is 0.416 e. The molecule has 0 bridgehead atoms. The van der Waals surface area contributed by atoms with Crippen molar-refractivity contribution in [1.29, 1.82) is 0 Å². The van der Waals surface area contributed by atoms with E-state index >= 15 is 0 Å². The molecule has 1 heterocycles. The van der Waals surface area contributed by atoms with Gasteiger partial charge in [0.2, 0.25) is 5.91 Å². The zero-order chi connectivity index (χ0) is 13.2. The Morgan fingerprint density at radius 2 is 2.17 bits per heavy atom. The zero-order valence-electron chi connectivity index (χ0n) is 9.42. The number of carbonyl (C=O) groups excluding carboxylic acids is 1. The number of halogens is 3. The summed E-state index contributed by atoms with van der Waals surface area (Å²) in [5.41, 5.74) is -0.789. The number of pyridine rings is 1. The predicted octanol–water partition coefficient (Wildman–Crippen LogP) is 1.79. The molecule has 98 valence electrons. The number of amides is 1. The maximum atomic E-state index is 12.4. The van der Waals surface area contributed by atoms with E-state index in [2.05, 4.69) is 15.6 Å². The quantitative estimate of drug-likeness (QED) is 0.866. The van der Waals surface area contributed by atoms with Crippen LogP contribution in [0.3, 0.4) is 0 Å². The van der Waals surface area contributed by atoms with Crippen LogP contribution in [-0.4, -0.2) is 23.5 Å². The zero-order valence-corrected chi connectivity index (χ0v) is 9.42. The first-order valence-electron chi connectivity index (χ1n) is 5.51. The molecule has 1 aromatic heterocycles. The molecule has 2 N–H and O–H groups in total. The molecule has 1 fully saturated rings. The molecule has 1 aliphatic rings. The smallest absolute Gasteiger partial charge is 0.361 e. The number of hydrogen-bond acceptors (Lipinski definition) is 3. The molecule has 0 spiro atoms. The van der Waals surface area contributed by atoms with E-state index in [1.165, 1.54) is 0 Å². The van der Waals surface area contributed by atoms with Crippen LogP contribution in [0.2, 0.25) is 0 Å². The van der Waals surface area contributed by atoms with Gasteiger partial charge >= 0.3 is 6.18 Å². The van der Waals surface area contributed by atoms with Crippen molar-refractivity contribution in [3.63, 3.8) is 0 Å². The van der Waals surface area contributed by atoms with Crippen LogP contribution in [-0.2, 0) is 11.0 Å². The first kappa shape index (κ1) is 12.7. The first-order valence-corrected chi connectivity index (χ1v) is 5.51. The summed E-state index contributed by atoms with van der Waals surface area (Å²) in [5.74, 6) is -0.201. The molecule has 1 amide bonds. The molecule has 4 nitrogen and oxygen atoms in total. The summed E-state index contributed by atoms with van der Waals surface area (Å²) in [6.07, 6.45) is -1.42. The number of hydrogen-bond donors (Lipinski definition) is 2. The van der Waals surface area contributed by atoms with E-state index in [-0.39, 0.29) is 24.3 Å². The van der Waals surface area contributed by atoms with Gasteiger partial charge in [-0.3, -0.25) is 4.79 Å². The average Bonchev–Trinajstić information content (AvgIpc) is 3.10. The molecule has 1 aromatic rings. The summed E-state index contributed by atoms with van der Waals surface area (Å²) in [6, 6.07) is 1.99. The van der Waals surface area contributed by atoms with Gasteiger partial charge in [-0.1, -0.05) is 0 Å². The third-order valence-electron chi connectivity index (χ3n) is 2.46. The van der Waals surface area contributed by atoms with E-state index in [0.29, 0.717) is 0 Å². The Hall–Kier alpha value is -1.79. The Bertz CT molecular complexity index is 443. The molecule has 0 unspecified atom stereocenters. The minimum Gasteiger partial charge on any atom is -0.361 e. The lowest BCUT2D eigenvalue weighted by atomic mass is 10.2. The number of carbonyl (C=O) groups is 1. The maximum Gasteiger partial charge on any atom is 0.416 e. The van der Waals surface area contributed by atoms with E-state index in [9.17, 15) is 18.0 Å². The molecule has 7 heteroatoms. The molecular formula is C11H12F3N3O. The SMILES string of the molecule is O=C(CNc1cc(C(F)(F)F)ccn1)NC1CC1. The standard InChI is InChI=1S/C11H12F3N3O/c12-11(13,14)7-3-4-15-9(5-7)16-6-10(18)17-8-1-2-8/h3-5,8H,1-2,6H2,(H,15,16)(H,17,18). The molecule has 0 aromatic carbocycles. The highest BCUT2D eigenvalue weighted by Crippen LogP contribution is 2.29. The minimum atomic E-state index is -4.41. The fourth-order valence-corrected chi connectivity index (χ4v) is 1.38. The topological polar surface area (TPSA) is 54.0 Å². The van der Waals surface area contributed by atoms with Crippen LogP contribution in [0.25, 0.3) is 0 Å². The summed E-state index contributed by atoms with van der Waals surface area (Å²) in [6.45, 7) is -0.0786. The molecule has 0 aliphatic heterocycles. The van der Waals surface area contributed by atoms with E-state index < -0.39 is 11.7 Å². The number of aromatic nitrogens is 1. The number of nitrogens with zero attached hydrogens (tertiary/aromatic N) is 1. The number of nitrogens with one attached hydrogen (secondary N) is 2. The van der Waals surface area contributed by atoms with Crippen LogP contribution in [0.5, 0.6) is 0 Å². The second-order valence-electron chi connectivity index (χ2n) is 4.12. The van der Waals surface area contributed by atoms with Crippen molar-refractivity contribution in [3.05, 3.63) is 23.9 Å². The second-order valence-corrected chi connectivity index (χ2v) is 4.12. The average molecular weight is 259 g/mol.